The third-order valence-electron chi connectivity index (χ3n) is 4.71. The summed E-state index contributed by atoms with van der Waals surface area (Å²) in [5.41, 5.74) is 0. The van der Waals surface area contributed by atoms with Gasteiger partial charge in [0.25, 0.3) is 0 Å². The fraction of sp³-hybridized carbons (Fsp3) is 0.850. The highest BCUT2D eigenvalue weighted by Crippen LogP contribution is 2.17. The van der Waals surface area contributed by atoms with Crippen LogP contribution in [0.3, 0.4) is 0 Å². The normalized spacial score (nSPS) is 16.2. The Morgan fingerprint density at radius 1 is 0.667 bits per heavy atom. The summed E-state index contributed by atoms with van der Waals surface area (Å²) in [6.45, 7) is 11.3. The lowest BCUT2D eigenvalue weighted by atomic mass is 10.1. The second kappa shape index (κ2) is 11.9. The molecule has 1 fully saturated rings. The molecule has 0 bridgehead atoms. The van der Waals surface area contributed by atoms with Gasteiger partial charge in [-0.2, -0.15) is 0 Å². The van der Waals surface area contributed by atoms with Crippen molar-refractivity contribution < 1.29 is 14.4 Å². The standard InChI is InChI=1S/C20H36IN3O3/c1-15(2)6-9-18(25)22-12-23(19(26)10-7-16(3)4)14-24(13-22)20(27)11-8-17(5)21/h15-17H,6-14H2,1-5H3. The van der Waals surface area contributed by atoms with Gasteiger partial charge in [0, 0.05) is 23.2 Å². The Hall–Kier alpha value is -0.860. The van der Waals surface area contributed by atoms with Gasteiger partial charge >= 0.3 is 0 Å². The maximum atomic E-state index is 12.6. The van der Waals surface area contributed by atoms with E-state index >= 15 is 0 Å². The van der Waals surface area contributed by atoms with Crippen LogP contribution < -0.4 is 0 Å². The van der Waals surface area contributed by atoms with Gasteiger partial charge in [-0.25, -0.2) is 0 Å². The SMILES string of the molecule is CC(C)CCC(=O)N1CN(C(=O)CCC(C)C)CN(C(=O)CCC(C)I)C1. The zero-order valence-corrected chi connectivity index (χ0v) is 19.7. The van der Waals surface area contributed by atoms with Crippen LogP contribution in [0.1, 0.15) is 73.1 Å². The Kier molecular flexibility index (Phi) is 10.6. The lowest BCUT2D eigenvalue weighted by molar-refractivity contribution is -0.158. The molecule has 7 heteroatoms. The number of carbonyl (C=O) groups is 3. The molecule has 1 atom stereocenters. The van der Waals surface area contributed by atoms with Gasteiger partial charge in [0.15, 0.2) is 0 Å². The zero-order valence-electron chi connectivity index (χ0n) is 17.5. The van der Waals surface area contributed by atoms with E-state index < -0.39 is 0 Å². The van der Waals surface area contributed by atoms with Crippen LogP contribution in [0.4, 0.5) is 0 Å². The number of carbonyl (C=O) groups excluding carboxylic acids is 3. The quantitative estimate of drug-likeness (QED) is 0.362. The van der Waals surface area contributed by atoms with Crippen LogP contribution >= 0.6 is 22.6 Å². The second-order valence-electron chi connectivity index (χ2n) is 8.41. The number of hydrogen-bond donors (Lipinski definition) is 0. The topological polar surface area (TPSA) is 60.9 Å². The number of hydrogen-bond acceptors (Lipinski definition) is 3. The molecule has 0 aromatic rings. The Morgan fingerprint density at radius 3 is 1.22 bits per heavy atom. The van der Waals surface area contributed by atoms with Gasteiger partial charge in [0.1, 0.15) is 0 Å². The number of nitrogens with zero attached hydrogens (tertiary/aromatic N) is 3. The van der Waals surface area contributed by atoms with Crippen molar-refractivity contribution in [3.63, 3.8) is 0 Å². The number of rotatable bonds is 9. The first-order valence-electron chi connectivity index (χ1n) is 10.1. The van der Waals surface area contributed by atoms with Crippen LogP contribution in [0.15, 0.2) is 0 Å². The Morgan fingerprint density at radius 2 is 0.963 bits per heavy atom. The average Bonchev–Trinajstić information content (AvgIpc) is 2.61. The van der Waals surface area contributed by atoms with Crippen molar-refractivity contribution in [2.45, 2.75) is 77.1 Å². The van der Waals surface area contributed by atoms with Crippen molar-refractivity contribution in [1.29, 1.82) is 0 Å². The fourth-order valence-corrected chi connectivity index (χ4v) is 3.16. The van der Waals surface area contributed by atoms with Crippen LogP contribution in [0.25, 0.3) is 0 Å². The van der Waals surface area contributed by atoms with Crippen LogP contribution in [0.5, 0.6) is 0 Å². The predicted molar refractivity (Wildman–Crippen MR) is 116 cm³/mol. The minimum Gasteiger partial charge on any atom is -0.307 e. The molecule has 0 aliphatic carbocycles. The van der Waals surface area contributed by atoms with E-state index in [1.54, 1.807) is 14.7 Å². The average molecular weight is 493 g/mol. The molecule has 6 nitrogen and oxygen atoms in total. The molecule has 1 heterocycles. The van der Waals surface area contributed by atoms with Gasteiger partial charge in [-0.15, -0.1) is 0 Å². The summed E-state index contributed by atoms with van der Waals surface area (Å²) in [4.78, 5) is 42.8. The van der Waals surface area contributed by atoms with Crippen molar-refractivity contribution in [3.05, 3.63) is 0 Å². The second-order valence-corrected chi connectivity index (χ2v) is 10.5. The molecular formula is C20H36IN3O3. The summed E-state index contributed by atoms with van der Waals surface area (Å²) >= 11 is 2.31. The Bertz CT molecular complexity index is 431. The van der Waals surface area contributed by atoms with E-state index in [4.69, 9.17) is 0 Å². The molecule has 0 spiro atoms. The van der Waals surface area contributed by atoms with Gasteiger partial charge in [-0.05, 0) is 31.1 Å². The number of amides is 3. The third-order valence-corrected chi connectivity index (χ3v) is 5.33. The van der Waals surface area contributed by atoms with Gasteiger partial charge in [0.05, 0.1) is 20.0 Å². The van der Waals surface area contributed by atoms with Gasteiger partial charge in [-0.1, -0.05) is 57.2 Å². The molecule has 0 saturated carbocycles. The molecule has 1 unspecified atom stereocenters. The van der Waals surface area contributed by atoms with E-state index in [-0.39, 0.29) is 17.7 Å². The Balaban J connectivity index is 2.79. The summed E-state index contributed by atoms with van der Waals surface area (Å²) in [5, 5.41) is 0. The van der Waals surface area contributed by atoms with Crippen molar-refractivity contribution in [1.82, 2.24) is 14.7 Å². The van der Waals surface area contributed by atoms with E-state index in [1.165, 1.54) is 0 Å². The molecule has 156 valence electrons. The molecule has 3 amide bonds. The number of halogens is 1. The predicted octanol–water partition coefficient (Wildman–Crippen LogP) is 3.83. The van der Waals surface area contributed by atoms with Crippen LogP contribution in [0, 0.1) is 11.8 Å². The van der Waals surface area contributed by atoms with Crippen LogP contribution in [-0.2, 0) is 14.4 Å². The molecule has 1 rings (SSSR count). The van der Waals surface area contributed by atoms with Crippen LogP contribution in [0.2, 0.25) is 0 Å². The van der Waals surface area contributed by atoms with E-state index in [2.05, 4.69) is 57.2 Å². The van der Waals surface area contributed by atoms with Crippen molar-refractivity contribution in [2.75, 3.05) is 20.0 Å². The first-order valence-corrected chi connectivity index (χ1v) is 11.3. The maximum Gasteiger partial charge on any atom is 0.225 e. The summed E-state index contributed by atoms with van der Waals surface area (Å²) in [6.07, 6.45) is 3.80. The molecule has 27 heavy (non-hydrogen) atoms. The molecular weight excluding hydrogens is 457 g/mol. The molecule has 0 aromatic carbocycles. The minimum absolute atomic E-state index is 0.0153. The lowest BCUT2D eigenvalue weighted by Gasteiger charge is -2.42. The minimum atomic E-state index is 0.0153. The van der Waals surface area contributed by atoms with E-state index in [0.29, 0.717) is 55.0 Å². The summed E-state index contributed by atoms with van der Waals surface area (Å²) in [5.74, 6) is 0.951. The molecule has 0 aromatic heterocycles. The van der Waals surface area contributed by atoms with Crippen molar-refractivity contribution >= 4 is 40.3 Å². The maximum absolute atomic E-state index is 12.6. The molecule has 0 N–H and O–H groups in total. The van der Waals surface area contributed by atoms with Gasteiger partial charge < -0.3 is 14.7 Å². The largest absolute Gasteiger partial charge is 0.307 e. The summed E-state index contributed by atoms with van der Waals surface area (Å²) in [7, 11) is 0. The summed E-state index contributed by atoms with van der Waals surface area (Å²) < 4.78 is 0.420. The zero-order chi connectivity index (χ0) is 20.6. The summed E-state index contributed by atoms with van der Waals surface area (Å²) in [6, 6.07) is 0. The third kappa shape index (κ3) is 9.25. The smallest absolute Gasteiger partial charge is 0.225 e. The fourth-order valence-electron chi connectivity index (χ4n) is 2.85. The first-order chi connectivity index (χ1) is 12.6. The van der Waals surface area contributed by atoms with Gasteiger partial charge in [-0.3, -0.25) is 14.4 Å². The first kappa shape index (κ1) is 24.2. The monoisotopic (exact) mass is 493 g/mol. The van der Waals surface area contributed by atoms with Crippen LogP contribution in [-0.4, -0.2) is 56.4 Å². The Labute approximate surface area is 178 Å². The molecule has 1 aliphatic rings. The van der Waals surface area contributed by atoms with Crippen molar-refractivity contribution in [2.24, 2.45) is 11.8 Å². The van der Waals surface area contributed by atoms with E-state index in [1.807, 2.05) is 0 Å². The van der Waals surface area contributed by atoms with E-state index in [9.17, 15) is 14.4 Å². The number of alkyl halides is 1. The van der Waals surface area contributed by atoms with Crippen molar-refractivity contribution in [3.8, 4) is 0 Å². The molecule has 1 saturated heterocycles. The highest BCUT2D eigenvalue weighted by atomic mass is 127. The highest BCUT2D eigenvalue weighted by Gasteiger charge is 2.31. The lowest BCUT2D eigenvalue weighted by Crippen LogP contribution is -2.59. The molecule has 1 aliphatic heterocycles. The van der Waals surface area contributed by atoms with Gasteiger partial charge in [0.2, 0.25) is 17.7 Å². The molecule has 0 radical (unpaired) electrons. The highest BCUT2D eigenvalue weighted by molar-refractivity contribution is 14.1. The van der Waals surface area contributed by atoms with E-state index in [0.717, 1.165) is 19.3 Å².